The minimum absolute atomic E-state index is 0.186. The summed E-state index contributed by atoms with van der Waals surface area (Å²) in [6.45, 7) is 1.19. The number of aliphatic hydroxyl groups is 1. The Morgan fingerprint density at radius 3 is 2.70 bits per heavy atom. The molecule has 5 rings (SSSR count). The van der Waals surface area contributed by atoms with Crippen LogP contribution >= 0.6 is 0 Å². The molecule has 0 unspecified atom stereocenters. The second kappa shape index (κ2) is 8.80. The number of aromatic nitrogens is 4. The van der Waals surface area contributed by atoms with Gasteiger partial charge in [0.05, 0.1) is 17.3 Å². The van der Waals surface area contributed by atoms with Crippen LogP contribution in [0.15, 0.2) is 61.1 Å². The molecule has 4 heterocycles. The summed E-state index contributed by atoms with van der Waals surface area (Å²) in [4.78, 5) is 12.9. The fourth-order valence-electron chi connectivity index (χ4n) is 4.22. The van der Waals surface area contributed by atoms with Crippen LogP contribution in [-0.4, -0.2) is 55.8 Å². The molecule has 8 heteroatoms. The Hall–Kier alpha value is -3.49. The zero-order valence-corrected chi connectivity index (χ0v) is 18.6. The van der Waals surface area contributed by atoms with E-state index < -0.39 is 5.60 Å². The number of benzene rings is 1. The molecule has 33 heavy (non-hydrogen) atoms. The van der Waals surface area contributed by atoms with Gasteiger partial charge in [-0.2, -0.15) is 10.2 Å². The van der Waals surface area contributed by atoms with Crippen molar-refractivity contribution in [3.05, 3.63) is 77.9 Å². The van der Waals surface area contributed by atoms with Gasteiger partial charge in [0.1, 0.15) is 5.69 Å². The van der Waals surface area contributed by atoms with E-state index in [4.69, 9.17) is 4.74 Å². The second-order valence-corrected chi connectivity index (χ2v) is 8.69. The first kappa shape index (κ1) is 21.4. The lowest BCUT2D eigenvalue weighted by Crippen LogP contribution is -2.46. The predicted molar refractivity (Wildman–Crippen MR) is 124 cm³/mol. The minimum Gasteiger partial charge on any atom is -0.388 e. The quantitative estimate of drug-likeness (QED) is 0.476. The number of hydrogen-bond donors (Lipinski definition) is 2. The molecule has 0 radical (unpaired) electrons. The summed E-state index contributed by atoms with van der Waals surface area (Å²) in [5.74, 6) is -0.293. The van der Waals surface area contributed by atoms with Crippen LogP contribution in [0.2, 0.25) is 0 Å². The van der Waals surface area contributed by atoms with E-state index in [0.29, 0.717) is 38.2 Å². The monoisotopic (exact) mass is 445 g/mol. The molecule has 0 saturated carbocycles. The molecule has 4 aromatic rings. The molecule has 0 bridgehead atoms. The molecule has 1 amide bonds. The minimum atomic E-state index is -0.926. The van der Waals surface area contributed by atoms with Gasteiger partial charge in [0.15, 0.2) is 0 Å². The number of fused-ring (bicyclic) bond motifs is 1. The zero-order chi connectivity index (χ0) is 22.8. The number of aryl methyl sites for hydroxylation is 1. The van der Waals surface area contributed by atoms with Crippen molar-refractivity contribution >= 4 is 11.4 Å². The van der Waals surface area contributed by atoms with Crippen LogP contribution in [-0.2, 0) is 18.2 Å². The van der Waals surface area contributed by atoms with Crippen LogP contribution in [0.1, 0.15) is 34.5 Å². The molecule has 1 aliphatic rings. The highest BCUT2D eigenvalue weighted by Gasteiger charge is 2.30. The van der Waals surface area contributed by atoms with Gasteiger partial charge in [-0.05, 0) is 41.3 Å². The molecule has 1 fully saturated rings. The molecule has 2 N–H and O–H groups in total. The van der Waals surface area contributed by atoms with Crippen LogP contribution in [0.4, 0.5) is 0 Å². The molecule has 0 aliphatic carbocycles. The van der Waals surface area contributed by atoms with Crippen molar-refractivity contribution in [2.75, 3.05) is 19.8 Å². The third-order valence-corrected chi connectivity index (χ3v) is 6.20. The van der Waals surface area contributed by atoms with Gasteiger partial charge >= 0.3 is 0 Å². The lowest BCUT2D eigenvalue weighted by atomic mass is 9.94. The van der Waals surface area contributed by atoms with Crippen LogP contribution in [0.25, 0.3) is 16.6 Å². The standard InChI is InChI=1S/C25H27N5O3/c1-29-16-21(15-27-29)19-6-4-18(5-7-19)13-20-14-22(28-30-10-2-3-23(20)30)24(31)26-17-25(32)8-11-33-12-9-25/h2-7,10,14-16,32H,8-9,11-13,17H2,1H3,(H,26,31). The number of carbonyl (C=O) groups is 1. The number of rotatable bonds is 6. The summed E-state index contributed by atoms with van der Waals surface area (Å²) in [5, 5.41) is 22.2. The van der Waals surface area contributed by atoms with Crippen LogP contribution in [0, 0.1) is 0 Å². The van der Waals surface area contributed by atoms with Gasteiger partial charge in [0.25, 0.3) is 5.91 Å². The van der Waals surface area contributed by atoms with Crippen molar-refractivity contribution in [1.29, 1.82) is 0 Å². The van der Waals surface area contributed by atoms with Gasteiger partial charge in [-0.25, -0.2) is 4.52 Å². The molecular formula is C25H27N5O3. The molecule has 1 aromatic carbocycles. The van der Waals surface area contributed by atoms with E-state index in [0.717, 1.165) is 27.8 Å². The van der Waals surface area contributed by atoms with Crippen molar-refractivity contribution in [3.63, 3.8) is 0 Å². The molecule has 0 spiro atoms. The summed E-state index contributed by atoms with van der Waals surface area (Å²) in [6, 6.07) is 14.1. The van der Waals surface area contributed by atoms with E-state index in [9.17, 15) is 9.90 Å². The fraction of sp³-hybridized carbons (Fsp3) is 0.320. The number of hydrogen-bond acceptors (Lipinski definition) is 5. The van der Waals surface area contributed by atoms with E-state index in [-0.39, 0.29) is 12.5 Å². The van der Waals surface area contributed by atoms with Crippen molar-refractivity contribution in [2.45, 2.75) is 24.9 Å². The third-order valence-electron chi connectivity index (χ3n) is 6.20. The van der Waals surface area contributed by atoms with Gasteiger partial charge in [-0.15, -0.1) is 0 Å². The number of ether oxygens (including phenoxy) is 1. The smallest absolute Gasteiger partial charge is 0.271 e. The van der Waals surface area contributed by atoms with Crippen molar-refractivity contribution in [2.24, 2.45) is 7.05 Å². The van der Waals surface area contributed by atoms with E-state index in [1.54, 1.807) is 9.20 Å². The maximum absolute atomic E-state index is 12.9. The third kappa shape index (κ3) is 4.67. The number of nitrogens with zero attached hydrogens (tertiary/aromatic N) is 4. The van der Waals surface area contributed by atoms with E-state index in [1.165, 1.54) is 0 Å². The van der Waals surface area contributed by atoms with E-state index in [2.05, 4.69) is 39.8 Å². The van der Waals surface area contributed by atoms with Crippen LogP contribution in [0.3, 0.4) is 0 Å². The number of amides is 1. The highest BCUT2D eigenvalue weighted by Crippen LogP contribution is 2.23. The molecule has 1 saturated heterocycles. The SMILES string of the molecule is Cn1cc(-c2ccc(Cc3cc(C(=O)NCC4(O)CCOCC4)nn4cccc34)cc2)cn1. The molecule has 3 aromatic heterocycles. The first-order chi connectivity index (χ1) is 16.0. The van der Waals surface area contributed by atoms with Gasteiger partial charge in [-0.1, -0.05) is 24.3 Å². The largest absolute Gasteiger partial charge is 0.388 e. The van der Waals surface area contributed by atoms with Gasteiger partial charge < -0.3 is 15.2 Å². The second-order valence-electron chi connectivity index (χ2n) is 8.69. The molecular weight excluding hydrogens is 418 g/mol. The number of carbonyl (C=O) groups excluding carboxylic acids is 1. The Morgan fingerprint density at radius 1 is 1.18 bits per heavy atom. The highest BCUT2D eigenvalue weighted by molar-refractivity contribution is 5.92. The van der Waals surface area contributed by atoms with Crippen molar-refractivity contribution in [1.82, 2.24) is 24.7 Å². The summed E-state index contributed by atoms with van der Waals surface area (Å²) in [7, 11) is 1.90. The molecule has 0 atom stereocenters. The number of nitrogens with one attached hydrogen (secondary N) is 1. The summed E-state index contributed by atoms with van der Waals surface area (Å²) < 4.78 is 8.83. The fourth-order valence-corrected chi connectivity index (χ4v) is 4.22. The first-order valence-electron chi connectivity index (χ1n) is 11.1. The van der Waals surface area contributed by atoms with Crippen molar-refractivity contribution < 1.29 is 14.6 Å². The average Bonchev–Trinajstić information content (AvgIpc) is 3.48. The first-order valence-corrected chi connectivity index (χ1v) is 11.1. The van der Waals surface area contributed by atoms with Crippen molar-refractivity contribution in [3.8, 4) is 11.1 Å². The Kier molecular flexibility index (Phi) is 5.70. The summed E-state index contributed by atoms with van der Waals surface area (Å²) in [5.41, 5.74) is 4.71. The zero-order valence-electron chi connectivity index (χ0n) is 18.6. The van der Waals surface area contributed by atoms with E-state index in [1.807, 2.05) is 43.8 Å². The Bertz CT molecular complexity index is 1270. The normalized spacial score (nSPS) is 15.6. The highest BCUT2D eigenvalue weighted by atomic mass is 16.5. The van der Waals surface area contributed by atoms with Gasteiger partial charge in [0.2, 0.25) is 0 Å². The van der Waals surface area contributed by atoms with E-state index >= 15 is 0 Å². The maximum Gasteiger partial charge on any atom is 0.271 e. The molecule has 1 aliphatic heterocycles. The lowest BCUT2D eigenvalue weighted by Gasteiger charge is -2.31. The predicted octanol–water partition coefficient (Wildman–Crippen LogP) is 2.60. The average molecular weight is 446 g/mol. The van der Waals surface area contributed by atoms with Crippen LogP contribution in [0.5, 0.6) is 0 Å². The summed E-state index contributed by atoms with van der Waals surface area (Å²) in [6.07, 6.45) is 7.38. The van der Waals surface area contributed by atoms with Gasteiger partial charge in [0, 0.05) is 57.6 Å². The molecule has 170 valence electrons. The maximum atomic E-state index is 12.9. The topological polar surface area (TPSA) is 93.7 Å². The van der Waals surface area contributed by atoms with Gasteiger partial charge in [-0.3, -0.25) is 9.48 Å². The Balaban J connectivity index is 1.35. The molecule has 8 nitrogen and oxygen atoms in total. The Labute approximate surface area is 191 Å². The summed E-state index contributed by atoms with van der Waals surface area (Å²) >= 11 is 0. The van der Waals surface area contributed by atoms with Crippen LogP contribution < -0.4 is 5.32 Å². The lowest BCUT2D eigenvalue weighted by molar-refractivity contribution is -0.0605. The Morgan fingerprint density at radius 2 is 1.97 bits per heavy atom.